The zero-order chi connectivity index (χ0) is 20.6. The molecular weight excluding hydrogens is 378 g/mol. The summed E-state index contributed by atoms with van der Waals surface area (Å²) in [6, 6.07) is 7.87. The van der Waals surface area contributed by atoms with E-state index in [9.17, 15) is 4.79 Å². The van der Waals surface area contributed by atoms with E-state index in [1.807, 2.05) is 35.8 Å². The van der Waals surface area contributed by atoms with Crippen LogP contribution in [-0.4, -0.2) is 17.4 Å². The van der Waals surface area contributed by atoms with Gasteiger partial charge >= 0.3 is 0 Å². The molecule has 0 radical (unpaired) electrons. The molecule has 5 heteroatoms. The molecule has 0 aliphatic heterocycles. The molecule has 1 aromatic carbocycles. The van der Waals surface area contributed by atoms with E-state index in [4.69, 9.17) is 0 Å². The number of carbonyl (C=O) groups excluding carboxylic acids is 1. The molecule has 0 aliphatic rings. The molecule has 0 atom stereocenters. The van der Waals surface area contributed by atoms with Gasteiger partial charge in [0.15, 0.2) is 0 Å². The fourth-order valence-electron chi connectivity index (χ4n) is 3.39. The summed E-state index contributed by atoms with van der Waals surface area (Å²) in [6.45, 7) is 4.52. The first kappa shape index (κ1) is 23.6. The van der Waals surface area contributed by atoms with Gasteiger partial charge < -0.3 is 10.6 Å². The predicted molar refractivity (Wildman–Crippen MR) is 123 cm³/mol. The molecule has 1 aromatic heterocycles. The van der Waals surface area contributed by atoms with Crippen molar-refractivity contribution in [3.05, 3.63) is 52.0 Å². The van der Waals surface area contributed by atoms with Gasteiger partial charge in [-0.15, -0.1) is 11.3 Å². The highest BCUT2D eigenvalue weighted by molar-refractivity contribution is 7.09. The number of nitrogens with one attached hydrogen (secondary N) is 2. The third kappa shape index (κ3) is 10.6. The fourth-order valence-corrected chi connectivity index (χ4v) is 3.98. The maximum absolute atomic E-state index is 12.4. The zero-order valence-corrected chi connectivity index (χ0v) is 18.7. The first-order valence-electron chi connectivity index (χ1n) is 11.3. The normalized spacial score (nSPS) is 10.9. The van der Waals surface area contributed by atoms with Gasteiger partial charge in [-0.05, 0) is 24.1 Å². The number of benzene rings is 1. The fraction of sp³-hybridized carbons (Fsp3) is 0.583. The van der Waals surface area contributed by atoms with Gasteiger partial charge in [0, 0.05) is 36.8 Å². The van der Waals surface area contributed by atoms with Gasteiger partial charge in [0.1, 0.15) is 5.01 Å². The molecule has 0 saturated heterocycles. The summed E-state index contributed by atoms with van der Waals surface area (Å²) < 4.78 is 0. The van der Waals surface area contributed by atoms with Gasteiger partial charge in [-0.3, -0.25) is 4.79 Å². The molecule has 2 rings (SSSR count). The highest BCUT2D eigenvalue weighted by Crippen LogP contribution is 2.11. The van der Waals surface area contributed by atoms with Gasteiger partial charge in [0.05, 0.1) is 0 Å². The largest absolute Gasteiger partial charge is 0.352 e. The van der Waals surface area contributed by atoms with Gasteiger partial charge in [-0.2, -0.15) is 0 Å². The minimum atomic E-state index is 0.0303. The molecule has 1 heterocycles. The van der Waals surface area contributed by atoms with Gasteiger partial charge in [0.2, 0.25) is 0 Å². The average molecular weight is 416 g/mol. The maximum Gasteiger partial charge on any atom is 0.251 e. The van der Waals surface area contributed by atoms with Crippen molar-refractivity contribution in [2.45, 2.75) is 84.2 Å². The number of amides is 1. The molecule has 0 unspecified atom stereocenters. The van der Waals surface area contributed by atoms with E-state index >= 15 is 0 Å². The molecule has 0 spiro atoms. The summed E-state index contributed by atoms with van der Waals surface area (Å²) in [5.41, 5.74) is 1.86. The van der Waals surface area contributed by atoms with Crippen LogP contribution in [0, 0.1) is 0 Å². The molecule has 2 N–H and O–H groups in total. The molecule has 0 bridgehead atoms. The van der Waals surface area contributed by atoms with Crippen molar-refractivity contribution in [3.63, 3.8) is 0 Å². The topological polar surface area (TPSA) is 54.0 Å². The smallest absolute Gasteiger partial charge is 0.251 e. The molecule has 2 aromatic rings. The van der Waals surface area contributed by atoms with Crippen molar-refractivity contribution in [1.29, 1.82) is 0 Å². The van der Waals surface area contributed by atoms with Gasteiger partial charge in [-0.1, -0.05) is 76.8 Å². The lowest BCUT2D eigenvalue weighted by atomic mass is 10.1. The molecular formula is C24H37N3OS. The maximum atomic E-state index is 12.4. The Labute approximate surface area is 180 Å². The van der Waals surface area contributed by atoms with Crippen molar-refractivity contribution in [1.82, 2.24) is 15.6 Å². The number of rotatable bonds is 16. The van der Waals surface area contributed by atoms with Gasteiger partial charge in [0.25, 0.3) is 5.91 Å². The molecule has 0 aliphatic carbocycles. The third-order valence-electron chi connectivity index (χ3n) is 5.09. The highest BCUT2D eigenvalue weighted by Gasteiger charge is 2.06. The van der Waals surface area contributed by atoms with Crippen molar-refractivity contribution in [2.24, 2.45) is 0 Å². The molecule has 0 fully saturated rings. The first-order chi connectivity index (χ1) is 14.3. The van der Waals surface area contributed by atoms with Crippen LogP contribution >= 0.6 is 11.3 Å². The number of carbonyl (C=O) groups is 1. The third-order valence-corrected chi connectivity index (χ3v) is 5.87. The SMILES string of the molecule is CCCCCCCCCCCCNC(=O)c1cccc(CNCc2nccs2)c1. The van der Waals surface area contributed by atoms with Crippen molar-refractivity contribution in [2.75, 3.05) is 6.54 Å². The summed E-state index contributed by atoms with van der Waals surface area (Å²) in [4.78, 5) is 16.6. The number of nitrogens with zero attached hydrogens (tertiary/aromatic N) is 1. The summed E-state index contributed by atoms with van der Waals surface area (Å²) in [7, 11) is 0. The average Bonchev–Trinajstić information content (AvgIpc) is 3.25. The summed E-state index contributed by atoms with van der Waals surface area (Å²) in [5.74, 6) is 0.0303. The van der Waals surface area contributed by atoms with Crippen molar-refractivity contribution >= 4 is 17.2 Å². The Morgan fingerprint density at radius 1 is 0.966 bits per heavy atom. The first-order valence-corrected chi connectivity index (χ1v) is 12.1. The predicted octanol–water partition coefficient (Wildman–Crippen LogP) is 6.08. The monoisotopic (exact) mass is 415 g/mol. The van der Waals surface area contributed by atoms with Crippen molar-refractivity contribution < 1.29 is 4.79 Å². The molecule has 0 saturated carbocycles. The minimum Gasteiger partial charge on any atom is -0.352 e. The summed E-state index contributed by atoms with van der Waals surface area (Å²) in [6.07, 6.45) is 14.9. The number of aromatic nitrogens is 1. The minimum absolute atomic E-state index is 0.0303. The van der Waals surface area contributed by atoms with Gasteiger partial charge in [-0.25, -0.2) is 4.98 Å². The lowest BCUT2D eigenvalue weighted by Gasteiger charge is -2.08. The van der Waals surface area contributed by atoms with E-state index in [-0.39, 0.29) is 5.91 Å². The summed E-state index contributed by atoms with van der Waals surface area (Å²) in [5, 5.41) is 9.50. The Balaban J connectivity index is 1.53. The van der Waals surface area contributed by atoms with Crippen LogP contribution in [0.4, 0.5) is 0 Å². The van der Waals surface area contributed by atoms with Crippen LogP contribution < -0.4 is 10.6 Å². The van der Waals surface area contributed by atoms with Crippen LogP contribution in [0.5, 0.6) is 0 Å². The second-order valence-electron chi connectivity index (χ2n) is 7.67. The lowest BCUT2D eigenvalue weighted by molar-refractivity contribution is 0.0953. The summed E-state index contributed by atoms with van der Waals surface area (Å²) >= 11 is 1.65. The van der Waals surface area contributed by atoms with E-state index in [1.54, 1.807) is 11.3 Å². The van der Waals surface area contributed by atoms with E-state index in [0.717, 1.165) is 42.2 Å². The quantitative estimate of drug-likeness (QED) is 0.326. The van der Waals surface area contributed by atoms with E-state index in [1.165, 1.54) is 57.8 Å². The Morgan fingerprint density at radius 2 is 1.69 bits per heavy atom. The van der Waals surface area contributed by atoms with Crippen LogP contribution in [0.15, 0.2) is 35.8 Å². The van der Waals surface area contributed by atoms with Crippen LogP contribution in [0.3, 0.4) is 0 Å². The molecule has 29 heavy (non-hydrogen) atoms. The standard InChI is InChI=1S/C24H37N3OS/c1-2-3-4-5-6-7-8-9-10-11-15-27-24(28)22-14-12-13-21(18-22)19-25-20-23-26-16-17-29-23/h12-14,16-18,25H,2-11,15,19-20H2,1H3,(H,27,28). The Kier molecular flexibility index (Phi) is 12.3. The zero-order valence-electron chi connectivity index (χ0n) is 17.9. The Morgan fingerprint density at radius 3 is 2.38 bits per heavy atom. The van der Waals surface area contributed by atoms with Crippen LogP contribution in [0.25, 0.3) is 0 Å². The molecule has 1 amide bonds. The second kappa shape index (κ2) is 15.2. The Bertz CT molecular complexity index is 673. The highest BCUT2D eigenvalue weighted by atomic mass is 32.1. The number of hydrogen-bond donors (Lipinski definition) is 2. The van der Waals surface area contributed by atoms with Crippen LogP contribution in [-0.2, 0) is 13.1 Å². The van der Waals surface area contributed by atoms with Crippen LogP contribution in [0.1, 0.15) is 92.1 Å². The lowest BCUT2D eigenvalue weighted by Crippen LogP contribution is -2.24. The van der Waals surface area contributed by atoms with Crippen molar-refractivity contribution in [3.8, 4) is 0 Å². The van der Waals surface area contributed by atoms with E-state index in [2.05, 4.69) is 22.5 Å². The number of unbranched alkanes of at least 4 members (excludes halogenated alkanes) is 9. The van der Waals surface area contributed by atoms with E-state index in [0.29, 0.717) is 0 Å². The van der Waals surface area contributed by atoms with E-state index < -0.39 is 0 Å². The van der Waals surface area contributed by atoms with Crippen LogP contribution in [0.2, 0.25) is 0 Å². The number of hydrogen-bond acceptors (Lipinski definition) is 4. The Hall–Kier alpha value is -1.72. The molecule has 4 nitrogen and oxygen atoms in total. The molecule has 160 valence electrons. The second-order valence-corrected chi connectivity index (χ2v) is 8.65. The number of thiazole rings is 1.